The van der Waals surface area contributed by atoms with E-state index in [4.69, 9.17) is 0 Å². The SMILES string of the molecule is C(#CC(c1ccccc1)(c1ccccc1)c1ccccc1)c1ccc(C#CC(c2ccccc2)(c2ccccc2)c2ccccc2)cc1.c1ccccc1.c1ccccc1. The monoisotopic (exact) mass is 766 g/mol. The Morgan fingerprint density at radius 2 is 0.333 bits per heavy atom. The van der Waals surface area contributed by atoms with Gasteiger partial charge in [0, 0.05) is 11.1 Å². The topological polar surface area (TPSA) is 0 Å². The first-order valence-electron chi connectivity index (χ1n) is 20.3. The molecule has 0 heteroatoms. The van der Waals surface area contributed by atoms with Crippen molar-refractivity contribution in [1.82, 2.24) is 0 Å². The second-order valence-corrected chi connectivity index (χ2v) is 14.1. The van der Waals surface area contributed by atoms with Crippen molar-refractivity contribution in [3.05, 3.63) is 324 Å². The summed E-state index contributed by atoms with van der Waals surface area (Å²) >= 11 is 0. The van der Waals surface area contributed by atoms with Crippen LogP contribution in [0.2, 0.25) is 0 Å². The van der Waals surface area contributed by atoms with Gasteiger partial charge < -0.3 is 0 Å². The Labute approximate surface area is 356 Å². The van der Waals surface area contributed by atoms with Crippen LogP contribution < -0.4 is 0 Å². The van der Waals surface area contributed by atoms with E-state index in [-0.39, 0.29) is 0 Å². The van der Waals surface area contributed by atoms with Crippen LogP contribution in [0.3, 0.4) is 0 Å². The molecule has 0 atom stereocenters. The molecule has 9 aromatic carbocycles. The maximum atomic E-state index is 3.75. The van der Waals surface area contributed by atoms with Crippen molar-refractivity contribution in [1.29, 1.82) is 0 Å². The van der Waals surface area contributed by atoms with Gasteiger partial charge >= 0.3 is 0 Å². The summed E-state index contributed by atoms with van der Waals surface area (Å²) in [6, 6.07) is 95.8. The first kappa shape index (κ1) is 40.3. The Morgan fingerprint density at radius 1 is 0.183 bits per heavy atom. The molecule has 0 nitrogen and oxygen atoms in total. The van der Waals surface area contributed by atoms with Gasteiger partial charge in [0.15, 0.2) is 0 Å². The minimum atomic E-state index is -0.636. The van der Waals surface area contributed by atoms with E-state index in [1.165, 1.54) is 0 Å². The van der Waals surface area contributed by atoms with Gasteiger partial charge in [0.2, 0.25) is 0 Å². The fourth-order valence-corrected chi connectivity index (χ4v) is 7.30. The lowest BCUT2D eigenvalue weighted by molar-refractivity contribution is 0.809. The van der Waals surface area contributed by atoms with Gasteiger partial charge in [-0.2, -0.15) is 0 Å². The molecule has 286 valence electrons. The summed E-state index contributed by atoms with van der Waals surface area (Å²) in [5.74, 6) is 14.6. The Hall–Kier alpha value is -7.90. The predicted octanol–water partition coefficient (Wildman–Crippen LogP) is 13.8. The summed E-state index contributed by atoms with van der Waals surface area (Å²) < 4.78 is 0. The fraction of sp³-hybridized carbons (Fsp3) is 0.0333. The minimum Gasteiger partial charge on any atom is -0.0765 e. The lowest BCUT2D eigenvalue weighted by Gasteiger charge is -2.31. The number of hydrogen-bond donors (Lipinski definition) is 0. The molecular weight excluding hydrogens is 721 g/mol. The van der Waals surface area contributed by atoms with Crippen LogP contribution in [-0.2, 0) is 10.8 Å². The van der Waals surface area contributed by atoms with Crippen molar-refractivity contribution < 1.29 is 0 Å². The summed E-state index contributed by atoms with van der Waals surface area (Å²) in [6.45, 7) is 0. The third-order valence-electron chi connectivity index (χ3n) is 10.2. The van der Waals surface area contributed by atoms with Crippen LogP contribution in [0.15, 0.2) is 279 Å². The van der Waals surface area contributed by atoms with E-state index in [0.717, 1.165) is 44.5 Å². The van der Waals surface area contributed by atoms with E-state index in [2.05, 4.69) is 230 Å². The standard InChI is InChI=1S/C48H34.2C6H6/c1-7-19-41(20-8-1)47(42-21-9-2-10-22-42,43-23-11-3-12-24-43)37-35-39-31-33-40(34-32-39)36-38-48(44-25-13-4-14-26-44,45-27-15-5-16-28-45)46-29-17-6-18-30-46;2*1-2-4-6-5-3-1/h1-34H;2*1-6H. The summed E-state index contributed by atoms with van der Waals surface area (Å²) in [6.07, 6.45) is 0. The van der Waals surface area contributed by atoms with Gasteiger partial charge in [-0.25, -0.2) is 0 Å². The van der Waals surface area contributed by atoms with E-state index in [0.29, 0.717) is 0 Å². The van der Waals surface area contributed by atoms with Gasteiger partial charge in [-0.05, 0) is 57.6 Å². The first-order valence-corrected chi connectivity index (χ1v) is 20.3. The molecule has 0 N–H and O–H groups in total. The zero-order chi connectivity index (χ0) is 41.0. The fourth-order valence-electron chi connectivity index (χ4n) is 7.30. The van der Waals surface area contributed by atoms with Crippen molar-refractivity contribution in [2.24, 2.45) is 0 Å². The maximum Gasteiger partial charge on any atom is 0.107 e. The molecule has 0 saturated carbocycles. The average Bonchev–Trinajstić information content (AvgIpc) is 3.36. The van der Waals surface area contributed by atoms with E-state index in [1.54, 1.807) is 0 Å². The van der Waals surface area contributed by atoms with Gasteiger partial charge in [0.25, 0.3) is 0 Å². The zero-order valence-corrected chi connectivity index (χ0v) is 33.6. The molecule has 0 radical (unpaired) electrons. The zero-order valence-electron chi connectivity index (χ0n) is 33.6. The van der Waals surface area contributed by atoms with E-state index < -0.39 is 10.8 Å². The van der Waals surface area contributed by atoms with Gasteiger partial charge in [-0.1, -0.05) is 278 Å². The maximum absolute atomic E-state index is 3.75. The summed E-state index contributed by atoms with van der Waals surface area (Å²) in [7, 11) is 0. The highest BCUT2D eigenvalue weighted by Gasteiger charge is 2.35. The number of benzene rings is 9. The van der Waals surface area contributed by atoms with E-state index in [9.17, 15) is 0 Å². The van der Waals surface area contributed by atoms with Gasteiger partial charge in [-0.15, -0.1) is 0 Å². The molecule has 0 bridgehead atoms. The van der Waals surface area contributed by atoms with Crippen LogP contribution in [0.25, 0.3) is 0 Å². The van der Waals surface area contributed by atoms with Crippen molar-refractivity contribution in [3.63, 3.8) is 0 Å². The predicted molar refractivity (Wildman–Crippen MR) is 251 cm³/mol. The number of hydrogen-bond acceptors (Lipinski definition) is 0. The second-order valence-electron chi connectivity index (χ2n) is 14.1. The normalized spacial score (nSPS) is 10.4. The Morgan fingerprint density at radius 3 is 0.500 bits per heavy atom. The van der Waals surface area contributed by atoms with Gasteiger partial charge in [0.05, 0.1) is 0 Å². The van der Waals surface area contributed by atoms with Crippen molar-refractivity contribution >= 4 is 0 Å². The smallest absolute Gasteiger partial charge is 0.0765 e. The van der Waals surface area contributed by atoms with E-state index in [1.807, 2.05) is 72.8 Å². The van der Waals surface area contributed by atoms with Crippen molar-refractivity contribution in [2.75, 3.05) is 0 Å². The molecule has 0 aromatic heterocycles. The van der Waals surface area contributed by atoms with Crippen LogP contribution in [0, 0.1) is 23.7 Å². The average molecular weight is 767 g/mol. The molecule has 0 aliphatic rings. The van der Waals surface area contributed by atoms with Crippen molar-refractivity contribution in [3.8, 4) is 23.7 Å². The van der Waals surface area contributed by atoms with Gasteiger partial charge in [-0.3, -0.25) is 0 Å². The molecule has 9 aromatic rings. The van der Waals surface area contributed by atoms with Crippen LogP contribution in [-0.4, -0.2) is 0 Å². The van der Waals surface area contributed by atoms with Crippen LogP contribution in [0.4, 0.5) is 0 Å². The molecule has 0 heterocycles. The Bertz CT molecular complexity index is 2250. The molecule has 0 aliphatic carbocycles. The Kier molecular flexibility index (Phi) is 14.1. The summed E-state index contributed by atoms with van der Waals surface area (Å²) in [5, 5.41) is 0. The summed E-state index contributed by atoms with van der Waals surface area (Å²) in [5.41, 5.74) is 7.42. The molecule has 0 saturated heterocycles. The molecule has 0 fully saturated rings. The van der Waals surface area contributed by atoms with Crippen LogP contribution in [0.1, 0.15) is 44.5 Å². The van der Waals surface area contributed by atoms with Crippen molar-refractivity contribution in [2.45, 2.75) is 10.8 Å². The first-order chi connectivity index (χ1) is 29.8. The number of rotatable bonds is 6. The molecule has 0 spiro atoms. The largest absolute Gasteiger partial charge is 0.107 e. The molecule has 0 aliphatic heterocycles. The lowest BCUT2D eigenvalue weighted by atomic mass is 9.70. The van der Waals surface area contributed by atoms with Crippen LogP contribution >= 0.6 is 0 Å². The summed E-state index contributed by atoms with van der Waals surface area (Å²) in [4.78, 5) is 0. The highest BCUT2D eigenvalue weighted by atomic mass is 14.4. The molecule has 9 rings (SSSR count). The van der Waals surface area contributed by atoms with E-state index >= 15 is 0 Å². The molecule has 60 heavy (non-hydrogen) atoms. The highest BCUT2D eigenvalue weighted by Crippen LogP contribution is 2.40. The quantitative estimate of drug-likeness (QED) is 0.117. The molecular formula is C60H46. The third kappa shape index (κ3) is 9.96. The minimum absolute atomic E-state index is 0.636. The van der Waals surface area contributed by atoms with Gasteiger partial charge in [0.1, 0.15) is 10.8 Å². The third-order valence-corrected chi connectivity index (χ3v) is 10.2. The Balaban J connectivity index is 0.000000390. The molecule has 0 amide bonds. The lowest BCUT2D eigenvalue weighted by Crippen LogP contribution is -2.27. The molecule has 0 unspecified atom stereocenters. The van der Waals surface area contributed by atoms with Crippen LogP contribution in [0.5, 0.6) is 0 Å². The highest BCUT2D eigenvalue weighted by molar-refractivity contribution is 5.61. The second kappa shape index (κ2) is 21.0.